The van der Waals surface area contributed by atoms with E-state index in [1.807, 2.05) is 0 Å². The third-order valence-corrected chi connectivity index (χ3v) is 3.28. The Kier molecular flexibility index (Phi) is 3.83. The molecule has 1 aromatic heterocycles. The van der Waals surface area contributed by atoms with Gasteiger partial charge in [-0.3, -0.25) is 4.57 Å². The number of rotatable bonds is 2. The average Bonchev–Trinajstić information content (AvgIpc) is 2.38. The predicted octanol–water partition coefficient (Wildman–Crippen LogP) is -0.950. The maximum atomic E-state index is 14.0. The summed E-state index contributed by atoms with van der Waals surface area (Å²) in [6.45, 7) is 0.969. The SMILES string of the molecule is CC1C(F)C(O)[C@@H](CO)O[C@H]1n1ccc(N)nc1=O. The molecule has 0 aliphatic carbocycles. The molecular weight excluding hydrogens is 257 g/mol. The van der Waals surface area contributed by atoms with Gasteiger partial charge in [0.2, 0.25) is 0 Å². The number of anilines is 1. The lowest BCUT2D eigenvalue weighted by Gasteiger charge is -2.40. The number of aromatic nitrogens is 2. The van der Waals surface area contributed by atoms with Crippen LogP contribution < -0.4 is 11.4 Å². The fourth-order valence-corrected chi connectivity index (χ4v) is 2.15. The van der Waals surface area contributed by atoms with Crippen LogP contribution in [0.1, 0.15) is 13.2 Å². The number of hydrogen-bond acceptors (Lipinski definition) is 6. The van der Waals surface area contributed by atoms with E-state index < -0.39 is 42.8 Å². The largest absolute Gasteiger partial charge is 0.394 e. The summed E-state index contributed by atoms with van der Waals surface area (Å²) >= 11 is 0. The molecule has 0 aromatic carbocycles. The minimum Gasteiger partial charge on any atom is -0.394 e. The molecule has 0 bridgehead atoms. The summed E-state index contributed by atoms with van der Waals surface area (Å²) in [4.78, 5) is 15.2. The van der Waals surface area contributed by atoms with E-state index in [-0.39, 0.29) is 5.82 Å². The van der Waals surface area contributed by atoms with Gasteiger partial charge in [0, 0.05) is 12.1 Å². The van der Waals surface area contributed by atoms with Crippen molar-refractivity contribution < 1.29 is 19.3 Å². The summed E-state index contributed by atoms with van der Waals surface area (Å²) in [5.74, 6) is -0.707. The van der Waals surface area contributed by atoms with Gasteiger partial charge >= 0.3 is 5.69 Å². The molecule has 0 radical (unpaired) electrons. The highest BCUT2D eigenvalue weighted by Crippen LogP contribution is 2.33. The molecule has 0 amide bonds. The molecule has 4 N–H and O–H groups in total. The van der Waals surface area contributed by atoms with Crippen LogP contribution in [-0.4, -0.2) is 44.8 Å². The number of alkyl halides is 1. The highest BCUT2D eigenvalue weighted by molar-refractivity contribution is 5.23. The van der Waals surface area contributed by atoms with Crippen molar-refractivity contribution in [1.29, 1.82) is 0 Å². The minimum atomic E-state index is -1.61. The lowest BCUT2D eigenvalue weighted by atomic mass is 9.92. The summed E-state index contributed by atoms with van der Waals surface area (Å²) in [6, 6.07) is 1.39. The van der Waals surface area contributed by atoms with Gasteiger partial charge < -0.3 is 20.7 Å². The lowest BCUT2D eigenvalue weighted by molar-refractivity contribution is -0.213. The second-order valence-electron chi connectivity index (χ2n) is 4.58. The average molecular weight is 273 g/mol. The van der Waals surface area contributed by atoms with Crippen LogP contribution in [0.3, 0.4) is 0 Å². The first-order valence-corrected chi connectivity index (χ1v) is 5.89. The summed E-state index contributed by atoms with van der Waals surface area (Å²) in [6.07, 6.45) is -3.71. The number of nitrogens with two attached hydrogens (primary N) is 1. The van der Waals surface area contributed by atoms with Crippen molar-refractivity contribution in [1.82, 2.24) is 9.55 Å². The van der Waals surface area contributed by atoms with Crippen molar-refractivity contribution in [2.45, 2.75) is 31.5 Å². The molecule has 1 aliphatic heterocycles. The van der Waals surface area contributed by atoms with E-state index >= 15 is 0 Å². The molecule has 2 heterocycles. The Hall–Kier alpha value is -1.51. The molecule has 2 rings (SSSR count). The molecular formula is C11H16FN3O4. The molecule has 8 heteroatoms. The van der Waals surface area contributed by atoms with Crippen LogP contribution in [0.25, 0.3) is 0 Å². The number of nitrogens with zero attached hydrogens (tertiary/aromatic N) is 2. The van der Waals surface area contributed by atoms with Crippen LogP contribution in [0.4, 0.5) is 10.2 Å². The first-order chi connectivity index (χ1) is 8.95. The number of nitrogen functional groups attached to an aromatic ring is 1. The van der Waals surface area contributed by atoms with Crippen LogP contribution in [0.15, 0.2) is 17.1 Å². The van der Waals surface area contributed by atoms with Gasteiger partial charge in [-0.2, -0.15) is 4.98 Å². The van der Waals surface area contributed by atoms with E-state index in [0.717, 1.165) is 4.57 Å². The van der Waals surface area contributed by atoms with Crippen LogP contribution >= 0.6 is 0 Å². The number of aliphatic hydroxyl groups excluding tert-OH is 2. The summed E-state index contributed by atoms with van der Waals surface area (Å²) in [5, 5.41) is 18.7. The summed E-state index contributed by atoms with van der Waals surface area (Å²) < 4.78 is 20.4. The van der Waals surface area contributed by atoms with Gasteiger partial charge in [0.05, 0.1) is 6.61 Å². The summed E-state index contributed by atoms with van der Waals surface area (Å²) in [7, 11) is 0. The van der Waals surface area contributed by atoms with Gasteiger partial charge in [0.25, 0.3) is 0 Å². The second kappa shape index (κ2) is 5.24. The third-order valence-electron chi connectivity index (χ3n) is 3.28. The normalized spacial score (nSPS) is 35.3. The van der Waals surface area contributed by atoms with Gasteiger partial charge in [-0.25, -0.2) is 9.18 Å². The van der Waals surface area contributed by atoms with Crippen molar-refractivity contribution in [2.24, 2.45) is 5.92 Å². The smallest absolute Gasteiger partial charge is 0.351 e. The Morgan fingerprint density at radius 1 is 1.63 bits per heavy atom. The fraction of sp³-hybridized carbons (Fsp3) is 0.636. The van der Waals surface area contributed by atoms with E-state index in [1.54, 1.807) is 0 Å². The standard InChI is InChI=1S/C11H16FN3O4/c1-5-8(12)9(17)6(4-16)19-10(5)15-3-2-7(13)14-11(15)18/h2-3,5-6,8-10,16-17H,4H2,1H3,(H2,13,14,18)/t5?,6-,8?,9?,10-/m1/s1. The van der Waals surface area contributed by atoms with Crippen molar-refractivity contribution in [3.05, 3.63) is 22.7 Å². The number of ether oxygens (including phenoxy) is 1. The van der Waals surface area contributed by atoms with Crippen LogP contribution in [0.2, 0.25) is 0 Å². The maximum Gasteiger partial charge on any atom is 0.351 e. The molecule has 3 unspecified atom stereocenters. The Morgan fingerprint density at radius 2 is 2.32 bits per heavy atom. The van der Waals surface area contributed by atoms with Crippen molar-refractivity contribution in [3.8, 4) is 0 Å². The number of hydrogen-bond donors (Lipinski definition) is 3. The molecule has 0 spiro atoms. The zero-order valence-corrected chi connectivity index (χ0v) is 10.3. The molecule has 106 valence electrons. The molecule has 1 fully saturated rings. The third kappa shape index (κ3) is 2.46. The second-order valence-corrected chi connectivity index (χ2v) is 4.58. The van der Waals surface area contributed by atoms with Crippen molar-refractivity contribution >= 4 is 5.82 Å². The quantitative estimate of drug-likeness (QED) is 0.640. The number of aliphatic hydroxyl groups is 2. The number of halogens is 1. The van der Waals surface area contributed by atoms with E-state index in [0.29, 0.717) is 0 Å². The molecule has 1 saturated heterocycles. The van der Waals surface area contributed by atoms with Crippen LogP contribution in [-0.2, 0) is 4.74 Å². The van der Waals surface area contributed by atoms with Crippen LogP contribution in [0.5, 0.6) is 0 Å². The van der Waals surface area contributed by atoms with Gasteiger partial charge in [0.15, 0.2) is 0 Å². The summed E-state index contributed by atoms with van der Waals surface area (Å²) in [5.41, 5.74) is 4.71. The Labute approximate surface area is 108 Å². The molecule has 0 saturated carbocycles. The van der Waals surface area contributed by atoms with Gasteiger partial charge in [-0.1, -0.05) is 6.92 Å². The van der Waals surface area contributed by atoms with E-state index in [9.17, 15) is 14.3 Å². The zero-order chi connectivity index (χ0) is 14.2. The highest BCUT2D eigenvalue weighted by Gasteiger charge is 2.44. The maximum absolute atomic E-state index is 14.0. The predicted molar refractivity (Wildman–Crippen MR) is 64.0 cm³/mol. The molecule has 19 heavy (non-hydrogen) atoms. The van der Waals surface area contributed by atoms with E-state index in [4.69, 9.17) is 15.6 Å². The van der Waals surface area contributed by atoms with Crippen molar-refractivity contribution in [3.63, 3.8) is 0 Å². The lowest BCUT2D eigenvalue weighted by Crippen LogP contribution is -2.52. The molecule has 5 atom stereocenters. The van der Waals surface area contributed by atoms with Gasteiger partial charge in [-0.05, 0) is 6.07 Å². The fourth-order valence-electron chi connectivity index (χ4n) is 2.15. The first kappa shape index (κ1) is 13.9. The zero-order valence-electron chi connectivity index (χ0n) is 10.3. The first-order valence-electron chi connectivity index (χ1n) is 5.89. The highest BCUT2D eigenvalue weighted by atomic mass is 19.1. The van der Waals surface area contributed by atoms with Crippen LogP contribution in [0, 0.1) is 5.92 Å². The molecule has 7 nitrogen and oxygen atoms in total. The van der Waals surface area contributed by atoms with Gasteiger partial charge in [-0.15, -0.1) is 0 Å². The molecule has 1 aromatic rings. The molecule has 1 aliphatic rings. The topological polar surface area (TPSA) is 111 Å². The van der Waals surface area contributed by atoms with Gasteiger partial charge in [0.1, 0.15) is 30.4 Å². The Bertz CT molecular complexity index is 507. The Balaban J connectivity index is 2.35. The van der Waals surface area contributed by atoms with E-state index in [2.05, 4.69) is 4.98 Å². The van der Waals surface area contributed by atoms with Crippen molar-refractivity contribution in [2.75, 3.05) is 12.3 Å². The monoisotopic (exact) mass is 273 g/mol. The minimum absolute atomic E-state index is 0.0558. The van der Waals surface area contributed by atoms with E-state index in [1.165, 1.54) is 19.2 Å². The Morgan fingerprint density at radius 3 is 2.89 bits per heavy atom.